The second-order valence-corrected chi connectivity index (χ2v) is 4.82. The summed E-state index contributed by atoms with van der Waals surface area (Å²) in [5.74, 6) is 0.728. The van der Waals surface area contributed by atoms with Crippen LogP contribution >= 0.6 is 0 Å². The van der Waals surface area contributed by atoms with Gasteiger partial charge in [0, 0.05) is 29.4 Å². The molecule has 3 nitrogen and oxygen atoms in total. The number of aliphatic imine (C=N–C) groups is 1. The number of benzene rings is 1. The Morgan fingerprint density at radius 2 is 2.10 bits per heavy atom. The largest absolute Gasteiger partial charge is 0.261 e. The highest BCUT2D eigenvalue weighted by Crippen LogP contribution is 2.20. The summed E-state index contributed by atoms with van der Waals surface area (Å²) in [6.07, 6.45) is 5.52. The van der Waals surface area contributed by atoms with Gasteiger partial charge >= 0.3 is 0 Å². The molecule has 0 aliphatic heterocycles. The number of rotatable bonds is 4. The summed E-state index contributed by atoms with van der Waals surface area (Å²) < 4.78 is 0. The van der Waals surface area contributed by atoms with Crippen molar-refractivity contribution < 1.29 is 0 Å². The molecular formula is C18H19N3. The van der Waals surface area contributed by atoms with Gasteiger partial charge in [-0.25, -0.2) is 9.97 Å². The highest BCUT2D eigenvalue weighted by Gasteiger charge is 2.03. The first kappa shape index (κ1) is 14.9. The van der Waals surface area contributed by atoms with Gasteiger partial charge in [0.1, 0.15) is 0 Å². The normalized spacial score (nSPS) is 11.9. The summed E-state index contributed by atoms with van der Waals surface area (Å²) >= 11 is 0. The van der Waals surface area contributed by atoms with E-state index in [9.17, 15) is 0 Å². The fraction of sp³-hybridized carbons (Fsp3) is 0.167. The van der Waals surface area contributed by atoms with Gasteiger partial charge in [0.05, 0.1) is 0 Å². The Morgan fingerprint density at radius 3 is 2.81 bits per heavy atom. The SMILES string of the molecule is C=C(C=N/C(C)=C\C)c1cccc(-c2nccc(C)n2)c1. The average Bonchev–Trinajstić information content (AvgIpc) is 2.52. The predicted molar refractivity (Wildman–Crippen MR) is 89.2 cm³/mol. The first-order valence-corrected chi connectivity index (χ1v) is 6.86. The first-order chi connectivity index (χ1) is 10.1. The molecule has 106 valence electrons. The number of aryl methyl sites for hydroxylation is 1. The minimum Gasteiger partial charge on any atom is -0.261 e. The minimum atomic E-state index is 0.728. The number of allylic oxidation sites excluding steroid dienone is 3. The highest BCUT2D eigenvalue weighted by atomic mass is 14.9. The topological polar surface area (TPSA) is 38.1 Å². The summed E-state index contributed by atoms with van der Waals surface area (Å²) in [4.78, 5) is 13.1. The van der Waals surface area contributed by atoms with Crippen LogP contribution in [0.1, 0.15) is 25.1 Å². The molecule has 0 radical (unpaired) electrons. The van der Waals surface area contributed by atoms with Crippen molar-refractivity contribution in [3.05, 3.63) is 66.1 Å². The van der Waals surface area contributed by atoms with Crippen molar-refractivity contribution in [3.63, 3.8) is 0 Å². The van der Waals surface area contributed by atoms with E-state index in [1.165, 1.54) is 0 Å². The molecule has 0 saturated carbocycles. The monoisotopic (exact) mass is 277 g/mol. The lowest BCUT2D eigenvalue weighted by Crippen LogP contribution is -1.92. The van der Waals surface area contributed by atoms with Crippen LogP contribution in [0.5, 0.6) is 0 Å². The molecule has 1 aromatic carbocycles. The van der Waals surface area contributed by atoms with E-state index in [-0.39, 0.29) is 0 Å². The molecule has 0 atom stereocenters. The maximum absolute atomic E-state index is 4.45. The molecule has 21 heavy (non-hydrogen) atoms. The van der Waals surface area contributed by atoms with E-state index in [0.29, 0.717) is 0 Å². The average molecular weight is 277 g/mol. The Labute approximate surface area is 125 Å². The van der Waals surface area contributed by atoms with E-state index in [1.54, 1.807) is 12.4 Å². The van der Waals surface area contributed by atoms with Crippen LogP contribution in [0.4, 0.5) is 0 Å². The fourth-order valence-electron chi connectivity index (χ4n) is 1.77. The zero-order valence-corrected chi connectivity index (χ0v) is 12.7. The van der Waals surface area contributed by atoms with Crippen LogP contribution in [0.2, 0.25) is 0 Å². The molecule has 2 rings (SSSR count). The molecule has 1 heterocycles. The Hall–Kier alpha value is -2.55. The van der Waals surface area contributed by atoms with E-state index in [1.807, 2.05) is 57.2 Å². The van der Waals surface area contributed by atoms with Crippen molar-refractivity contribution in [1.29, 1.82) is 0 Å². The van der Waals surface area contributed by atoms with Crippen molar-refractivity contribution >= 4 is 11.8 Å². The Kier molecular flexibility index (Phi) is 4.77. The molecule has 0 bridgehead atoms. The molecule has 0 fully saturated rings. The lowest BCUT2D eigenvalue weighted by molar-refractivity contribution is 1.11. The van der Waals surface area contributed by atoms with E-state index < -0.39 is 0 Å². The number of nitrogens with zero attached hydrogens (tertiary/aromatic N) is 3. The molecule has 2 aromatic rings. The van der Waals surface area contributed by atoms with Gasteiger partial charge in [0.2, 0.25) is 0 Å². The third kappa shape index (κ3) is 3.96. The number of hydrogen-bond acceptors (Lipinski definition) is 3. The van der Waals surface area contributed by atoms with Gasteiger partial charge < -0.3 is 0 Å². The number of hydrogen-bond donors (Lipinski definition) is 0. The van der Waals surface area contributed by atoms with Gasteiger partial charge in [-0.3, -0.25) is 4.99 Å². The van der Waals surface area contributed by atoms with Crippen LogP contribution in [0.3, 0.4) is 0 Å². The summed E-state index contributed by atoms with van der Waals surface area (Å²) in [5.41, 5.74) is 4.79. The molecular weight excluding hydrogens is 258 g/mol. The summed E-state index contributed by atoms with van der Waals surface area (Å²) in [5, 5.41) is 0. The van der Waals surface area contributed by atoms with Gasteiger partial charge in [-0.15, -0.1) is 0 Å². The molecule has 0 spiro atoms. The minimum absolute atomic E-state index is 0.728. The van der Waals surface area contributed by atoms with E-state index in [4.69, 9.17) is 0 Å². The van der Waals surface area contributed by atoms with Crippen LogP contribution in [-0.4, -0.2) is 16.2 Å². The molecule has 3 heteroatoms. The summed E-state index contributed by atoms with van der Waals surface area (Å²) in [6, 6.07) is 9.92. The molecule has 1 aromatic heterocycles. The molecule has 0 amide bonds. The van der Waals surface area contributed by atoms with Crippen molar-refractivity contribution in [1.82, 2.24) is 9.97 Å². The third-order valence-electron chi connectivity index (χ3n) is 3.13. The zero-order valence-electron chi connectivity index (χ0n) is 12.7. The zero-order chi connectivity index (χ0) is 15.2. The van der Waals surface area contributed by atoms with Crippen LogP contribution in [0, 0.1) is 6.92 Å². The lowest BCUT2D eigenvalue weighted by Gasteiger charge is -2.05. The second kappa shape index (κ2) is 6.75. The van der Waals surface area contributed by atoms with E-state index >= 15 is 0 Å². The first-order valence-electron chi connectivity index (χ1n) is 6.86. The van der Waals surface area contributed by atoms with Crippen molar-refractivity contribution in [2.24, 2.45) is 4.99 Å². The van der Waals surface area contributed by atoms with Crippen LogP contribution in [0.15, 0.2) is 59.9 Å². The van der Waals surface area contributed by atoms with Gasteiger partial charge in [-0.1, -0.05) is 30.9 Å². The van der Waals surface area contributed by atoms with Crippen molar-refractivity contribution in [2.75, 3.05) is 0 Å². The number of aromatic nitrogens is 2. The summed E-state index contributed by atoms with van der Waals surface area (Å²) in [7, 11) is 0. The molecule has 0 saturated heterocycles. The Bertz CT molecular complexity index is 712. The lowest BCUT2D eigenvalue weighted by atomic mass is 10.0. The second-order valence-electron chi connectivity index (χ2n) is 4.82. The molecule has 0 N–H and O–H groups in total. The molecule has 0 aliphatic carbocycles. The maximum atomic E-state index is 4.45. The summed E-state index contributed by atoms with van der Waals surface area (Å²) in [6.45, 7) is 9.95. The smallest absolute Gasteiger partial charge is 0.159 e. The van der Waals surface area contributed by atoms with Gasteiger partial charge in [-0.2, -0.15) is 0 Å². The van der Waals surface area contributed by atoms with Crippen LogP contribution in [0.25, 0.3) is 17.0 Å². The van der Waals surface area contributed by atoms with Gasteiger partial charge in [0.15, 0.2) is 5.82 Å². The standard InChI is InChI=1S/C18H19N3/c1-5-14(3)20-12-13(2)16-7-6-8-17(11-16)18-19-10-9-15(4)21-18/h5-12H,2H2,1,3-4H3/b14-5-,20-12?. The molecule has 0 unspecified atom stereocenters. The van der Waals surface area contributed by atoms with E-state index in [0.717, 1.165) is 33.9 Å². The fourth-order valence-corrected chi connectivity index (χ4v) is 1.77. The maximum Gasteiger partial charge on any atom is 0.159 e. The van der Waals surface area contributed by atoms with E-state index in [2.05, 4.69) is 21.5 Å². The Balaban J connectivity index is 2.30. The quantitative estimate of drug-likeness (QED) is 0.774. The predicted octanol–water partition coefficient (Wildman–Crippen LogP) is 4.46. The van der Waals surface area contributed by atoms with Crippen LogP contribution < -0.4 is 0 Å². The molecule has 0 aliphatic rings. The van der Waals surface area contributed by atoms with Crippen LogP contribution in [-0.2, 0) is 0 Å². The van der Waals surface area contributed by atoms with Crippen molar-refractivity contribution in [3.8, 4) is 11.4 Å². The van der Waals surface area contributed by atoms with Gasteiger partial charge in [0.25, 0.3) is 0 Å². The van der Waals surface area contributed by atoms with Crippen molar-refractivity contribution in [2.45, 2.75) is 20.8 Å². The third-order valence-corrected chi connectivity index (χ3v) is 3.13. The highest BCUT2D eigenvalue weighted by molar-refractivity contribution is 6.09. The Morgan fingerprint density at radius 1 is 1.29 bits per heavy atom. The van der Waals surface area contributed by atoms with Gasteiger partial charge in [-0.05, 0) is 44.0 Å².